The zero-order valence-electron chi connectivity index (χ0n) is 9.58. The number of hydrogen-bond donors (Lipinski definition) is 2. The molecule has 0 unspecified atom stereocenters. The van der Waals surface area contributed by atoms with Crippen LogP contribution < -0.4 is 0 Å². The molecule has 0 spiro atoms. The van der Waals surface area contributed by atoms with Crippen molar-refractivity contribution in [2.75, 3.05) is 13.1 Å². The van der Waals surface area contributed by atoms with Gasteiger partial charge in [-0.3, -0.25) is 14.6 Å². The highest BCUT2D eigenvalue weighted by molar-refractivity contribution is 6.36. The van der Waals surface area contributed by atoms with Crippen LogP contribution >= 0.6 is 23.2 Å². The Morgan fingerprint density at radius 3 is 2.26 bits per heavy atom. The molecule has 0 bridgehead atoms. The van der Waals surface area contributed by atoms with Crippen LogP contribution in [0.5, 0.6) is 0 Å². The summed E-state index contributed by atoms with van der Waals surface area (Å²) in [6, 6.07) is 4.69. The number of hydrazone groups is 1. The average molecular weight is 305 g/mol. The normalized spacial score (nSPS) is 10.6. The summed E-state index contributed by atoms with van der Waals surface area (Å²) in [4.78, 5) is 21.1. The third kappa shape index (κ3) is 5.58. The number of halogens is 2. The first-order valence-electron chi connectivity index (χ1n) is 5.06. The minimum Gasteiger partial charge on any atom is -0.480 e. The van der Waals surface area contributed by atoms with Crippen LogP contribution in [0, 0.1) is 0 Å². The van der Waals surface area contributed by atoms with Gasteiger partial charge >= 0.3 is 11.9 Å². The lowest BCUT2D eigenvalue weighted by atomic mass is 10.2. The van der Waals surface area contributed by atoms with Crippen LogP contribution in [0.25, 0.3) is 0 Å². The highest BCUT2D eigenvalue weighted by Gasteiger charge is 2.10. The predicted octanol–water partition coefficient (Wildman–Crippen LogP) is 1.80. The maximum Gasteiger partial charge on any atom is 0.324 e. The molecule has 0 saturated carbocycles. The summed E-state index contributed by atoms with van der Waals surface area (Å²) in [5.74, 6) is -2.36. The van der Waals surface area contributed by atoms with E-state index in [1.165, 1.54) is 12.3 Å². The molecule has 0 aromatic heterocycles. The van der Waals surface area contributed by atoms with Gasteiger partial charge in [0.2, 0.25) is 0 Å². The second-order valence-electron chi connectivity index (χ2n) is 3.52. The second-order valence-corrected chi connectivity index (χ2v) is 4.36. The topological polar surface area (TPSA) is 90.2 Å². The number of aliphatic carboxylic acids is 2. The fourth-order valence-corrected chi connectivity index (χ4v) is 1.66. The smallest absolute Gasteiger partial charge is 0.324 e. The van der Waals surface area contributed by atoms with Crippen molar-refractivity contribution in [3.8, 4) is 0 Å². The minimum atomic E-state index is -1.18. The Labute approximate surface area is 118 Å². The summed E-state index contributed by atoms with van der Waals surface area (Å²) in [5, 5.41) is 22.7. The number of rotatable bonds is 6. The molecule has 2 N–H and O–H groups in total. The molecule has 0 heterocycles. The molecular formula is C11H10Cl2N2O4. The van der Waals surface area contributed by atoms with Gasteiger partial charge in [0.05, 0.1) is 11.2 Å². The van der Waals surface area contributed by atoms with Gasteiger partial charge in [-0.15, -0.1) is 0 Å². The molecule has 1 rings (SSSR count). The van der Waals surface area contributed by atoms with Gasteiger partial charge in [-0.25, -0.2) is 0 Å². The lowest BCUT2D eigenvalue weighted by Crippen LogP contribution is -2.30. The fraction of sp³-hybridized carbons (Fsp3) is 0.182. The maximum absolute atomic E-state index is 10.6. The highest BCUT2D eigenvalue weighted by Crippen LogP contribution is 2.19. The first-order chi connectivity index (χ1) is 8.88. The molecule has 0 aliphatic heterocycles. The zero-order chi connectivity index (χ0) is 14.4. The maximum atomic E-state index is 10.6. The molecule has 19 heavy (non-hydrogen) atoms. The van der Waals surface area contributed by atoms with E-state index >= 15 is 0 Å². The van der Waals surface area contributed by atoms with Crippen molar-refractivity contribution in [2.45, 2.75) is 0 Å². The molecule has 1 aromatic carbocycles. The Morgan fingerprint density at radius 1 is 1.21 bits per heavy atom. The molecule has 0 fully saturated rings. The van der Waals surface area contributed by atoms with Gasteiger partial charge in [0, 0.05) is 10.6 Å². The molecule has 102 valence electrons. The number of carboxylic acid groups (broad SMARTS) is 2. The number of carbonyl (C=O) groups is 2. The minimum absolute atomic E-state index is 0.335. The van der Waals surface area contributed by atoms with E-state index in [9.17, 15) is 9.59 Å². The van der Waals surface area contributed by atoms with Crippen molar-refractivity contribution in [2.24, 2.45) is 5.10 Å². The van der Waals surface area contributed by atoms with E-state index < -0.39 is 25.0 Å². The summed E-state index contributed by atoms with van der Waals surface area (Å²) in [7, 11) is 0. The van der Waals surface area contributed by atoms with Crippen molar-refractivity contribution < 1.29 is 19.8 Å². The highest BCUT2D eigenvalue weighted by atomic mass is 35.5. The first kappa shape index (κ1) is 15.3. The molecule has 6 nitrogen and oxygen atoms in total. The van der Waals surface area contributed by atoms with Crippen LogP contribution in [0.15, 0.2) is 23.3 Å². The monoisotopic (exact) mass is 304 g/mol. The van der Waals surface area contributed by atoms with Gasteiger partial charge in [0.1, 0.15) is 13.1 Å². The molecule has 0 aliphatic carbocycles. The third-order valence-corrected chi connectivity index (χ3v) is 2.52. The van der Waals surface area contributed by atoms with E-state index in [0.29, 0.717) is 15.6 Å². The van der Waals surface area contributed by atoms with Gasteiger partial charge in [-0.1, -0.05) is 29.3 Å². The van der Waals surface area contributed by atoms with E-state index in [4.69, 9.17) is 33.4 Å². The van der Waals surface area contributed by atoms with Gasteiger partial charge in [0.25, 0.3) is 0 Å². The molecule has 0 radical (unpaired) electrons. The van der Waals surface area contributed by atoms with Crippen LogP contribution in [-0.2, 0) is 9.59 Å². The van der Waals surface area contributed by atoms with Crippen LogP contribution in [0.4, 0.5) is 0 Å². The Hall–Kier alpha value is -1.79. The molecule has 0 saturated heterocycles. The number of carboxylic acids is 2. The van der Waals surface area contributed by atoms with Crippen LogP contribution in [0.1, 0.15) is 5.56 Å². The van der Waals surface area contributed by atoms with Crippen molar-refractivity contribution in [1.82, 2.24) is 5.01 Å². The second kappa shape index (κ2) is 6.96. The van der Waals surface area contributed by atoms with Gasteiger partial charge in [-0.2, -0.15) is 5.10 Å². The summed E-state index contributed by atoms with van der Waals surface area (Å²) < 4.78 is 0. The molecule has 8 heteroatoms. The molecule has 1 aromatic rings. The summed E-state index contributed by atoms with van der Waals surface area (Å²) in [5.41, 5.74) is 0.506. The van der Waals surface area contributed by atoms with Crippen molar-refractivity contribution in [3.05, 3.63) is 33.8 Å². The van der Waals surface area contributed by atoms with Crippen molar-refractivity contribution in [1.29, 1.82) is 0 Å². The summed E-state index contributed by atoms with van der Waals surface area (Å²) in [6.45, 7) is -1.04. The molecule has 0 amide bonds. The summed E-state index contributed by atoms with van der Waals surface area (Å²) in [6.07, 6.45) is 1.28. The van der Waals surface area contributed by atoms with E-state index in [1.54, 1.807) is 12.1 Å². The summed E-state index contributed by atoms with van der Waals surface area (Å²) >= 11 is 11.6. The Bertz CT molecular complexity index is 503. The van der Waals surface area contributed by atoms with E-state index in [-0.39, 0.29) is 0 Å². The van der Waals surface area contributed by atoms with Crippen molar-refractivity contribution >= 4 is 41.4 Å². The van der Waals surface area contributed by atoms with Gasteiger partial charge in [0.15, 0.2) is 0 Å². The fourth-order valence-electron chi connectivity index (χ4n) is 1.20. The third-order valence-electron chi connectivity index (χ3n) is 1.96. The number of hydrogen-bond acceptors (Lipinski definition) is 4. The first-order valence-corrected chi connectivity index (χ1v) is 5.81. The lowest BCUT2D eigenvalue weighted by molar-refractivity contribution is -0.141. The quantitative estimate of drug-likeness (QED) is 0.618. The SMILES string of the molecule is O=C(O)CN(CC(=O)O)/N=C\c1ccc(Cl)cc1Cl. The van der Waals surface area contributed by atoms with Crippen molar-refractivity contribution in [3.63, 3.8) is 0 Å². The molecule has 0 atom stereocenters. The Kier molecular flexibility index (Phi) is 5.59. The number of nitrogens with zero attached hydrogens (tertiary/aromatic N) is 2. The zero-order valence-corrected chi connectivity index (χ0v) is 11.1. The standard InChI is InChI=1S/C11H10Cl2N2O4/c12-8-2-1-7(9(13)3-8)4-14-15(5-10(16)17)6-11(18)19/h1-4H,5-6H2,(H,16,17)(H,18,19)/b14-4-. The van der Waals surface area contributed by atoms with Gasteiger partial charge in [-0.05, 0) is 12.1 Å². The Balaban J connectivity index is 2.84. The van der Waals surface area contributed by atoms with Crippen LogP contribution in [0.2, 0.25) is 10.0 Å². The molecule has 0 aliphatic rings. The van der Waals surface area contributed by atoms with E-state index in [2.05, 4.69) is 5.10 Å². The average Bonchev–Trinajstić information content (AvgIpc) is 2.25. The molecular weight excluding hydrogens is 295 g/mol. The van der Waals surface area contributed by atoms with Crippen LogP contribution in [-0.4, -0.2) is 46.5 Å². The Morgan fingerprint density at radius 2 is 1.79 bits per heavy atom. The van der Waals surface area contributed by atoms with E-state index in [0.717, 1.165) is 5.01 Å². The number of benzene rings is 1. The van der Waals surface area contributed by atoms with Crippen LogP contribution in [0.3, 0.4) is 0 Å². The van der Waals surface area contributed by atoms with E-state index in [1.807, 2.05) is 0 Å². The lowest BCUT2D eigenvalue weighted by Gasteiger charge is -2.13. The predicted molar refractivity (Wildman–Crippen MR) is 70.9 cm³/mol. The van der Waals surface area contributed by atoms with Gasteiger partial charge < -0.3 is 10.2 Å². The largest absolute Gasteiger partial charge is 0.480 e.